The number of nitrogens with two attached hydrogens (primary N) is 1. The molecule has 1 fully saturated rings. The molecule has 0 unspecified atom stereocenters. The number of pyridine rings is 1. The van der Waals surface area contributed by atoms with Gasteiger partial charge in [0.1, 0.15) is 0 Å². The minimum Gasteiger partial charge on any atom is -0.397 e. The molecule has 1 aliphatic carbocycles. The molecule has 2 aromatic heterocycles. The van der Waals surface area contributed by atoms with Crippen molar-refractivity contribution in [2.24, 2.45) is 0 Å². The monoisotopic (exact) mass is 246 g/mol. The zero-order chi connectivity index (χ0) is 11.7. The molecule has 0 amide bonds. The maximum atomic E-state index is 5.86. The van der Waals surface area contributed by atoms with Crippen LogP contribution in [0.4, 0.5) is 5.69 Å². The highest BCUT2D eigenvalue weighted by molar-refractivity contribution is 7.98. The Kier molecular flexibility index (Phi) is 2.76. The smallest absolute Gasteiger partial charge is 0.0951 e. The van der Waals surface area contributed by atoms with Gasteiger partial charge in [-0.1, -0.05) is 0 Å². The summed E-state index contributed by atoms with van der Waals surface area (Å²) in [6.07, 6.45) is 9.92. The number of aromatic nitrogens is 3. The number of rotatable bonds is 4. The fourth-order valence-corrected chi connectivity index (χ4v) is 2.71. The summed E-state index contributed by atoms with van der Waals surface area (Å²) in [5.41, 5.74) is 7.88. The quantitative estimate of drug-likeness (QED) is 0.842. The molecule has 17 heavy (non-hydrogen) atoms. The Balaban J connectivity index is 1.71. The highest BCUT2D eigenvalue weighted by Gasteiger charge is 2.25. The molecule has 0 aliphatic heterocycles. The Morgan fingerprint density at radius 1 is 1.35 bits per heavy atom. The summed E-state index contributed by atoms with van der Waals surface area (Å²) in [4.78, 5) is 9.30. The van der Waals surface area contributed by atoms with Crippen LogP contribution in [-0.4, -0.2) is 14.5 Å². The summed E-state index contributed by atoms with van der Waals surface area (Å²) >= 11 is 1.74. The van der Waals surface area contributed by atoms with Gasteiger partial charge in [-0.2, -0.15) is 0 Å². The van der Waals surface area contributed by atoms with E-state index in [4.69, 9.17) is 5.73 Å². The van der Waals surface area contributed by atoms with Gasteiger partial charge in [0.25, 0.3) is 0 Å². The van der Waals surface area contributed by atoms with Crippen molar-refractivity contribution in [3.8, 4) is 0 Å². The number of hydrogen-bond acceptors (Lipinski definition) is 4. The third kappa shape index (κ3) is 2.29. The van der Waals surface area contributed by atoms with Crippen LogP contribution in [-0.2, 0) is 5.75 Å². The molecule has 2 N–H and O–H groups in total. The minimum atomic E-state index is 0.683. The SMILES string of the molecule is Nc1cnccc1SCc1cncn1C1CC1. The van der Waals surface area contributed by atoms with Crippen LogP contribution in [0.15, 0.2) is 35.9 Å². The van der Waals surface area contributed by atoms with Crippen LogP contribution < -0.4 is 5.73 Å². The van der Waals surface area contributed by atoms with Crippen molar-refractivity contribution in [1.82, 2.24) is 14.5 Å². The molecular weight excluding hydrogens is 232 g/mol. The maximum absolute atomic E-state index is 5.86. The predicted molar refractivity (Wildman–Crippen MR) is 68.7 cm³/mol. The van der Waals surface area contributed by atoms with Gasteiger partial charge in [-0.25, -0.2) is 4.98 Å². The third-order valence-corrected chi connectivity index (χ3v) is 4.00. The number of imidazole rings is 1. The van der Waals surface area contributed by atoms with Gasteiger partial charge in [-0.05, 0) is 18.9 Å². The van der Waals surface area contributed by atoms with Crippen molar-refractivity contribution in [2.75, 3.05) is 5.73 Å². The van der Waals surface area contributed by atoms with Crippen molar-refractivity contribution in [3.05, 3.63) is 36.7 Å². The van der Waals surface area contributed by atoms with E-state index in [1.807, 2.05) is 18.6 Å². The van der Waals surface area contributed by atoms with Gasteiger partial charge in [0, 0.05) is 34.8 Å². The van der Waals surface area contributed by atoms with Crippen molar-refractivity contribution in [2.45, 2.75) is 29.5 Å². The Bertz CT molecular complexity index is 519. The van der Waals surface area contributed by atoms with E-state index in [0.29, 0.717) is 6.04 Å². The number of thioether (sulfide) groups is 1. The zero-order valence-corrected chi connectivity index (χ0v) is 10.2. The van der Waals surface area contributed by atoms with E-state index >= 15 is 0 Å². The molecule has 1 saturated carbocycles. The lowest BCUT2D eigenvalue weighted by atomic mass is 10.4. The van der Waals surface area contributed by atoms with Gasteiger partial charge in [-0.3, -0.25) is 4.98 Å². The van der Waals surface area contributed by atoms with Crippen molar-refractivity contribution < 1.29 is 0 Å². The van der Waals surface area contributed by atoms with Gasteiger partial charge < -0.3 is 10.3 Å². The molecule has 4 nitrogen and oxygen atoms in total. The van der Waals surface area contributed by atoms with Crippen LogP contribution in [0.3, 0.4) is 0 Å². The largest absolute Gasteiger partial charge is 0.397 e. The van der Waals surface area contributed by atoms with Crippen molar-refractivity contribution in [1.29, 1.82) is 0 Å². The summed E-state index contributed by atoms with van der Waals surface area (Å²) in [5.74, 6) is 0.907. The molecule has 2 aromatic rings. The number of nitrogen functional groups attached to an aromatic ring is 1. The highest BCUT2D eigenvalue weighted by atomic mass is 32.2. The molecule has 0 bridgehead atoms. The molecule has 0 saturated heterocycles. The lowest BCUT2D eigenvalue weighted by molar-refractivity contribution is 0.714. The first-order chi connectivity index (χ1) is 8.34. The van der Waals surface area contributed by atoms with Gasteiger partial charge in [-0.15, -0.1) is 11.8 Å². The standard InChI is InChI=1S/C12H14N4S/c13-11-6-14-4-3-12(11)17-7-10-5-15-8-16(10)9-1-2-9/h3-6,8-9H,1-2,7,13H2. The first-order valence-electron chi connectivity index (χ1n) is 5.67. The molecule has 5 heteroatoms. The van der Waals surface area contributed by atoms with Crippen LogP contribution in [0.5, 0.6) is 0 Å². The summed E-state index contributed by atoms with van der Waals surface area (Å²) in [5, 5.41) is 0. The second-order valence-corrected chi connectivity index (χ2v) is 5.24. The molecule has 3 rings (SSSR count). The number of nitrogens with zero attached hydrogens (tertiary/aromatic N) is 3. The van der Waals surface area contributed by atoms with E-state index in [-0.39, 0.29) is 0 Å². The Morgan fingerprint density at radius 3 is 3.00 bits per heavy atom. The Morgan fingerprint density at radius 2 is 2.24 bits per heavy atom. The van der Waals surface area contributed by atoms with Gasteiger partial charge >= 0.3 is 0 Å². The van der Waals surface area contributed by atoms with Crippen LogP contribution in [0.1, 0.15) is 24.6 Å². The zero-order valence-electron chi connectivity index (χ0n) is 9.41. The summed E-state index contributed by atoms with van der Waals surface area (Å²) in [6.45, 7) is 0. The summed E-state index contributed by atoms with van der Waals surface area (Å²) in [7, 11) is 0. The lowest BCUT2D eigenvalue weighted by Gasteiger charge is -2.07. The average molecular weight is 246 g/mol. The van der Waals surface area contributed by atoms with Gasteiger partial charge in [0.2, 0.25) is 0 Å². The number of hydrogen-bond donors (Lipinski definition) is 1. The third-order valence-electron chi connectivity index (χ3n) is 2.87. The maximum Gasteiger partial charge on any atom is 0.0951 e. The van der Waals surface area contributed by atoms with Crippen LogP contribution in [0.25, 0.3) is 0 Å². The average Bonchev–Trinajstić information content (AvgIpc) is 3.08. The van der Waals surface area contributed by atoms with E-state index in [0.717, 1.165) is 16.3 Å². The summed E-state index contributed by atoms with van der Waals surface area (Å²) in [6, 6.07) is 2.64. The van der Waals surface area contributed by atoms with Crippen molar-refractivity contribution >= 4 is 17.4 Å². The fraction of sp³-hybridized carbons (Fsp3) is 0.333. The fourth-order valence-electron chi connectivity index (χ4n) is 1.80. The van der Waals surface area contributed by atoms with Gasteiger partial charge in [0.15, 0.2) is 0 Å². The number of anilines is 1. The predicted octanol–water partition coefficient (Wildman–Crippen LogP) is 2.49. The second-order valence-electron chi connectivity index (χ2n) is 4.23. The minimum absolute atomic E-state index is 0.683. The van der Waals surface area contributed by atoms with Crippen LogP contribution in [0.2, 0.25) is 0 Å². The highest BCUT2D eigenvalue weighted by Crippen LogP contribution is 2.37. The molecule has 0 spiro atoms. The molecule has 88 valence electrons. The topological polar surface area (TPSA) is 56.7 Å². The van der Waals surface area contributed by atoms with Crippen LogP contribution in [0, 0.1) is 0 Å². The summed E-state index contributed by atoms with van der Waals surface area (Å²) < 4.78 is 2.28. The van der Waals surface area contributed by atoms with Crippen molar-refractivity contribution in [3.63, 3.8) is 0 Å². The molecule has 0 atom stereocenters. The molecular formula is C12H14N4S. The van der Waals surface area contributed by atoms with Gasteiger partial charge in [0.05, 0.1) is 18.2 Å². The van der Waals surface area contributed by atoms with E-state index < -0.39 is 0 Å². The second kappa shape index (κ2) is 4.41. The normalized spacial score (nSPS) is 15.1. The molecule has 1 aliphatic rings. The first-order valence-corrected chi connectivity index (χ1v) is 6.66. The Labute approximate surface area is 104 Å². The van der Waals surface area contributed by atoms with E-state index in [1.165, 1.54) is 18.5 Å². The molecule has 0 aromatic carbocycles. The lowest BCUT2D eigenvalue weighted by Crippen LogP contribution is -1.97. The molecule has 0 radical (unpaired) electrons. The van der Waals surface area contributed by atoms with E-state index in [1.54, 1.807) is 24.2 Å². The Hall–Kier alpha value is -1.49. The molecule has 2 heterocycles. The van der Waals surface area contributed by atoms with E-state index in [2.05, 4.69) is 14.5 Å². The van der Waals surface area contributed by atoms with Crippen LogP contribution >= 0.6 is 11.8 Å². The first kappa shape index (κ1) is 10.7. The van der Waals surface area contributed by atoms with E-state index in [9.17, 15) is 0 Å².